The molecule has 118 valence electrons. The fraction of sp³-hybridized carbons (Fsp3) is 0.625. The van der Waals surface area contributed by atoms with Crippen molar-refractivity contribution in [2.24, 2.45) is 5.73 Å². The fourth-order valence-electron chi connectivity index (χ4n) is 2.67. The molecule has 0 aliphatic carbocycles. The van der Waals surface area contributed by atoms with Crippen LogP contribution in [0.2, 0.25) is 0 Å². The van der Waals surface area contributed by atoms with Gasteiger partial charge in [-0.1, -0.05) is 0 Å². The molecule has 1 aromatic carbocycles. The molecule has 0 bridgehead atoms. The van der Waals surface area contributed by atoms with Gasteiger partial charge in [0, 0.05) is 38.4 Å². The fourth-order valence-corrected chi connectivity index (χ4v) is 2.67. The molecular weight excluding hydrogens is 269 g/mol. The molecule has 0 saturated carbocycles. The Balaban J connectivity index is 1.72. The molecule has 1 aromatic rings. The molecular formula is C16H26FN3O. The average Bonchev–Trinajstić information content (AvgIpc) is 2.49. The summed E-state index contributed by atoms with van der Waals surface area (Å²) >= 11 is 0. The van der Waals surface area contributed by atoms with Crippen LogP contribution in [0.25, 0.3) is 0 Å². The number of benzene rings is 1. The second kappa shape index (κ2) is 7.20. The number of hydrogen-bond donors (Lipinski definition) is 2. The quantitative estimate of drug-likeness (QED) is 0.834. The van der Waals surface area contributed by atoms with Crippen molar-refractivity contribution in [1.29, 1.82) is 0 Å². The van der Waals surface area contributed by atoms with E-state index in [1.807, 2.05) is 12.1 Å². The third-order valence-corrected chi connectivity index (χ3v) is 4.19. The number of nitrogens with zero attached hydrogens (tertiary/aromatic N) is 2. The maximum atomic E-state index is 12.9. The summed E-state index contributed by atoms with van der Waals surface area (Å²) in [7, 11) is 0. The molecule has 0 spiro atoms. The Hall–Kier alpha value is -1.17. The number of aliphatic hydroxyl groups is 1. The highest BCUT2D eigenvalue weighted by Crippen LogP contribution is 2.17. The molecule has 1 fully saturated rings. The Labute approximate surface area is 126 Å². The number of piperazine rings is 1. The van der Waals surface area contributed by atoms with Crippen molar-refractivity contribution in [2.75, 3.05) is 44.2 Å². The van der Waals surface area contributed by atoms with Gasteiger partial charge in [-0.25, -0.2) is 4.39 Å². The van der Waals surface area contributed by atoms with Crippen LogP contribution in [0.3, 0.4) is 0 Å². The SMILES string of the molecule is CC(O)(CN)CCCN1CCN(c2ccc(F)cc2)CC1. The lowest BCUT2D eigenvalue weighted by Crippen LogP contribution is -2.47. The van der Waals surface area contributed by atoms with Crippen LogP contribution in [0.5, 0.6) is 0 Å². The van der Waals surface area contributed by atoms with Crippen molar-refractivity contribution in [3.05, 3.63) is 30.1 Å². The highest BCUT2D eigenvalue weighted by molar-refractivity contribution is 5.46. The van der Waals surface area contributed by atoms with E-state index in [2.05, 4.69) is 9.80 Å². The number of halogens is 1. The zero-order valence-electron chi connectivity index (χ0n) is 12.8. The van der Waals surface area contributed by atoms with Gasteiger partial charge in [0.1, 0.15) is 5.82 Å². The largest absolute Gasteiger partial charge is 0.389 e. The molecule has 1 atom stereocenters. The van der Waals surface area contributed by atoms with Crippen molar-refractivity contribution in [1.82, 2.24) is 4.90 Å². The molecule has 5 heteroatoms. The molecule has 0 aromatic heterocycles. The second-order valence-corrected chi connectivity index (χ2v) is 6.11. The Morgan fingerprint density at radius 1 is 1.19 bits per heavy atom. The summed E-state index contributed by atoms with van der Waals surface area (Å²) < 4.78 is 12.9. The number of rotatable bonds is 6. The van der Waals surface area contributed by atoms with E-state index in [1.54, 1.807) is 6.92 Å². The van der Waals surface area contributed by atoms with E-state index in [-0.39, 0.29) is 5.82 Å². The molecule has 0 radical (unpaired) electrons. The van der Waals surface area contributed by atoms with Crippen LogP contribution in [-0.2, 0) is 0 Å². The van der Waals surface area contributed by atoms with Crippen molar-refractivity contribution in [3.63, 3.8) is 0 Å². The lowest BCUT2D eigenvalue weighted by atomic mass is 10.0. The monoisotopic (exact) mass is 295 g/mol. The lowest BCUT2D eigenvalue weighted by Gasteiger charge is -2.36. The molecule has 1 aliphatic rings. The predicted octanol–water partition coefficient (Wildman–Crippen LogP) is 1.44. The zero-order chi connectivity index (χ0) is 15.3. The van der Waals surface area contributed by atoms with Crippen LogP contribution in [0.15, 0.2) is 24.3 Å². The van der Waals surface area contributed by atoms with Gasteiger partial charge in [0.2, 0.25) is 0 Å². The van der Waals surface area contributed by atoms with E-state index in [1.165, 1.54) is 12.1 Å². The van der Waals surface area contributed by atoms with Gasteiger partial charge in [-0.3, -0.25) is 4.90 Å². The van der Waals surface area contributed by atoms with Gasteiger partial charge in [-0.15, -0.1) is 0 Å². The maximum absolute atomic E-state index is 12.9. The Morgan fingerprint density at radius 2 is 1.81 bits per heavy atom. The standard InChI is InChI=1S/C16H26FN3O/c1-16(21,13-18)7-2-8-19-9-11-20(12-10-19)15-5-3-14(17)4-6-15/h3-6,21H,2,7-13,18H2,1H3. The van der Waals surface area contributed by atoms with E-state index in [0.717, 1.165) is 51.3 Å². The first-order chi connectivity index (χ1) is 10.00. The third kappa shape index (κ3) is 4.95. The minimum atomic E-state index is -0.740. The van der Waals surface area contributed by atoms with Crippen molar-refractivity contribution in [3.8, 4) is 0 Å². The minimum absolute atomic E-state index is 0.190. The van der Waals surface area contributed by atoms with Crippen molar-refractivity contribution >= 4 is 5.69 Å². The average molecular weight is 295 g/mol. The summed E-state index contributed by atoms with van der Waals surface area (Å²) in [6.45, 7) is 7.01. The summed E-state index contributed by atoms with van der Waals surface area (Å²) in [5.41, 5.74) is 5.87. The Bertz CT molecular complexity index is 428. The molecule has 1 saturated heterocycles. The summed E-state index contributed by atoms with van der Waals surface area (Å²) in [4.78, 5) is 4.69. The van der Waals surface area contributed by atoms with Crippen LogP contribution in [0, 0.1) is 5.82 Å². The van der Waals surface area contributed by atoms with Gasteiger partial charge in [0.25, 0.3) is 0 Å². The Kier molecular flexibility index (Phi) is 5.56. The smallest absolute Gasteiger partial charge is 0.123 e. The zero-order valence-corrected chi connectivity index (χ0v) is 12.8. The van der Waals surface area contributed by atoms with E-state index in [4.69, 9.17) is 5.73 Å². The molecule has 0 amide bonds. The van der Waals surface area contributed by atoms with Gasteiger partial charge < -0.3 is 15.7 Å². The van der Waals surface area contributed by atoms with Gasteiger partial charge in [-0.05, 0) is 50.6 Å². The van der Waals surface area contributed by atoms with E-state index >= 15 is 0 Å². The second-order valence-electron chi connectivity index (χ2n) is 6.11. The van der Waals surface area contributed by atoms with Gasteiger partial charge in [-0.2, -0.15) is 0 Å². The first-order valence-electron chi connectivity index (χ1n) is 7.65. The first-order valence-corrected chi connectivity index (χ1v) is 7.65. The predicted molar refractivity (Wildman–Crippen MR) is 84.0 cm³/mol. The molecule has 1 aliphatic heterocycles. The van der Waals surface area contributed by atoms with Crippen molar-refractivity contribution in [2.45, 2.75) is 25.4 Å². The van der Waals surface area contributed by atoms with Gasteiger partial charge >= 0.3 is 0 Å². The normalized spacial score (nSPS) is 19.5. The molecule has 21 heavy (non-hydrogen) atoms. The topological polar surface area (TPSA) is 52.7 Å². The van der Waals surface area contributed by atoms with E-state index in [0.29, 0.717) is 6.54 Å². The van der Waals surface area contributed by atoms with Crippen LogP contribution in [0.4, 0.5) is 10.1 Å². The van der Waals surface area contributed by atoms with Gasteiger partial charge in [0.05, 0.1) is 5.60 Å². The number of hydrogen-bond acceptors (Lipinski definition) is 4. The highest BCUT2D eigenvalue weighted by Gasteiger charge is 2.20. The highest BCUT2D eigenvalue weighted by atomic mass is 19.1. The molecule has 1 unspecified atom stereocenters. The third-order valence-electron chi connectivity index (χ3n) is 4.19. The molecule has 1 heterocycles. The summed E-state index contributed by atoms with van der Waals surface area (Å²) in [6.07, 6.45) is 1.70. The summed E-state index contributed by atoms with van der Waals surface area (Å²) in [5, 5.41) is 9.88. The molecule has 4 nitrogen and oxygen atoms in total. The maximum Gasteiger partial charge on any atom is 0.123 e. The lowest BCUT2D eigenvalue weighted by molar-refractivity contribution is 0.0542. The first kappa shape index (κ1) is 16.2. The number of nitrogens with two attached hydrogens (primary N) is 1. The van der Waals surface area contributed by atoms with Gasteiger partial charge in [0.15, 0.2) is 0 Å². The summed E-state index contributed by atoms with van der Waals surface area (Å²) in [5.74, 6) is -0.190. The van der Waals surface area contributed by atoms with Crippen LogP contribution < -0.4 is 10.6 Å². The van der Waals surface area contributed by atoms with Crippen LogP contribution in [-0.4, -0.2) is 54.9 Å². The van der Waals surface area contributed by atoms with E-state index in [9.17, 15) is 9.50 Å². The molecule has 3 N–H and O–H groups in total. The Morgan fingerprint density at radius 3 is 2.38 bits per heavy atom. The van der Waals surface area contributed by atoms with Crippen molar-refractivity contribution < 1.29 is 9.50 Å². The van der Waals surface area contributed by atoms with E-state index < -0.39 is 5.60 Å². The number of anilines is 1. The summed E-state index contributed by atoms with van der Waals surface area (Å²) in [6, 6.07) is 6.69. The van der Waals surface area contributed by atoms with Crippen LogP contribution in [0.1, 0.15) is 19.8 Å². The molecule has 2 rings (SSSR count). The van der Waals surface area contributed by atoms with Crippen LogP contribution >= 0.6 is 0 Å². The minimum Gasteiger partial charge on any atom is -0.389 e.